The second-order valence-electron chi connectivity index (χ2n) is 4.98. The summed E-state index contributed by atoms with van der Waals surface area (Å²) >= 11 is 0. The Balaban J connectivity index is 2.60. The van der Waals surface area contributed by atoms with Crippen molar-refractivity contribution in [3.63, 3.8) is 0 Å². The maximum Gasteiger partial charge on any atom is 0.321 e. The number of carbonyl (C=O) groups is 2. The number of ketones is 1. The monoisotopic (exact) mass is 292 g/mol. The van der Waals surface area contributed by atoms with Crippen LogP contribution in [0.3, 0.4) is 0 Å². The molecule has 0 bridgehead atoms. The van der Waals surface area contributed by atoms with Crippen molar-refractivity contribution in [3.05, 3.63) is 29.8 Å². The zero-order chi connectivity index (χ0) is 15.7. The Bertz CT molecular complexity index is 457. The van der Waals surface area contributed by atoms with Crippen LogP contribution in [0.2, 0.25) is 0 Å². The molecule has 0 spiro atoms. The minimum atomic E-state index is -0.226. The van der Waals surface area contributed by atoms with Crippen LogP contribution in [0, 0.1) is 0 Å². The van der Waals surface area contributed by atoms with Gasteiger partial charge in [0.1, 0.15) is 0 Å². The molecule has 2 amide bonds. The summed E-state index contributed by atoms with van der Waals surface area (Å²) in [5.41, 5.74) is 1.26. The zero-order valence-corrected chi connectivity index (χ0v) is 12.8. The van der Waals surface area contributed by atoms with Crippen LogP contribution in [-0.4, -0.2) is 41.5 Å². The number of amides is 2. The van der Waals surface area contributed by atoms with Crippen molar-refractivity contribution in [2.24, 2.45) is 0 Å². The molecule has 0 aromatic heterocycles. The molecule has 5 nitrogen and oxygen atoms in total. The number of Topliss-reactive ketones (excluding diaryl/α,β-unsaturated/α-hetero) is 1. The van der Waals surface area contributed by atoms with E-state index in [1.165, 1.54) is 6.92 Å². The molecule has 2 N–H and O–H groups in total. The fourth-order valence-electron chi connectivity index (χ4n) is 1.98. The Hall–Kier alpha value is -1.88. The van der Waals surface area contributed by atoms with Crippen molar-refractivity contribution >= 4 is 17.5 Å². The highest BCUT2D eigenvalue weighted by atomic mass is 16.3. The van der Waals surface area contributed by atoms with Gasteiger partial charge in [-0.1, -0.05) is 19.8 Å². The van der Waals surface area contributed by atoms with Gasteiger partial charge in [0.2, 0.25) is 0 Å². The molecule has 0 aliphatic heterocycles. The number of carbonyl (C=O) groups excluding carboxylic acids is 2. The molecule has 1 aromatic rings. The average Bonchev–Trinajstić information content (AvgIpc) is 2.47. The molecule has 1 aromatic carbocycles. The molecule has 0 saturated carbocycles. The molecule has 116 valence electrons. The normalized spacial score (nSPS) is 10.2. The summed E-state index contributed by atoms with van der Waals surface area (Å²) in [7, 11) is 0. The molecule has 0 fully saturated rings. The van der Waals surface area contributed by atoms with E-state index in [1.54, 1.807) is 29.2 Å². The number of rotatable bonds is 8. The minimum Gasteiger partial charge on any atom is -0.395 e. The van der Waals surface area contributed by atoms with Gasteiger partial charge in [0.25, 0.3) is 0 Å². The zero-order valence-electron chi connectivity index (χ0n) is 12.8. The fourth-order valence-corrected chi connectivity index (χ4v) is 1.98. The number of aliphatic hydroxyl groups excluding tert-OH is 1. The standard InChI is InChI=1S/C16H24N2O3/c1-3-4-5-10-18(11-12-19)16(21)17-15-8-6-14(7-9-15)13(2)20/h6-9,19H,3-5,10-12H2,1-2H3,(H,17,21). The van der Waals surface area contributed by atoms with E-state index in [0.717, 1.165) is 19.3 Å². The summed E-state index contributed by atoms with van der Waals surface area (Å²) in [5, 5.41) is 11.8. The molecule has 0 atom stereocenters. The first-order chi connectivity index (χ1) is 10.1. The van der Waals surface area contributed by atoms with Gasteiger partial charge in [-0.15, -0.1) is 0 Å². The first-order valence-corrected chi connectivity index (χ1v) is 7.36. The number of hydrogen-bond donors (Lipinski definition) is 2. The molecule has 5 heteroatoms. The van der Waals surface area contributed by atoms with Gasteiger partial charge in [-0.3, -0.25) is 4.79 Å². The molecule has 0 aliphatic carbocycles. The highest BCUT2D eigenvalue weighted by Crippen LogP contribution is 2.11. The van der Waals surface area contributed by atoms with Gasteiger partial charge in [-0.25, -0.2) is 4.79 Å². The summed E-state index contributed by atoms with van der Waals surface area (Å²) in [6.45, 7) is 4.51. The lowest BCUT2D eigenvalue weighted by molar-refractivity contribution is 0.101. The summed E-state index contributed by atoms with van der Waals surface area (Å²) < 4.78 is 0. The van der Waals surface area contributed by atoms with Crippen LogP contribution in [0.5, 0.6) is 0 Å². The first-order valence-electron chi connectivity index (χ1n) is 7.36. The van der Waals surface area contributed by atoms with Crippen LogP contribution in [0.15, 0.2) is 24.3 Å². The van der Waals surface area contributed by atoms with Gasteiger partial charge >= 0.3 is 6.03 Å². The predicted octanol–water partition coefficient (Wildman–Crippen LogP) is 2.91. The number of nitrogens with one attached hydrogen (secondary N) is 1. The predicted molar refractivity (Wildman–Crippen MR) is 83.6 cm³/mol. The Labute approximate surface area is 126 Å². The number of unbranched alkanes of at least 4 members (excludes halogenated alkanes) is 2. The van der Waals surface area contributed by atoms with Crippen LogP contribution in [-0.2, 0) is 0 Å². The second kappa shape index (κ2) is 9.13. The molecule has 0 heterocycles. The van der Waals surface area contributed by atoms with E-state index in [0.29, 0.717) is 24.3 Å². The van der Waals surface area contributed by atoms with Gasteiger partial charge in [0.15, 0.2) is 5.78 Å². The Morgan fingerprint density at radius 1 is 1.14 bits per heavy atom. The Kier molecular flexibility index (Phi) is 7.46. The molecule has 0 unspecified atom stereocenters. The van der Waals surface area contributed by atoms with Gasteiger partial charge in [0, 0.05) is 24.3 Å². The number of anilines is 1. The fraction of sp³-hybridized carbons (Fsp3) is 0.500. The van der Waals surface area contributed by atoms with Crippen molar-refractivity contribution in [2.45, 2.75) is 33.1 Å². The lowest BCUT2D eigenvalue weighted by Gasteiger charge is -2.22. The lowest BCUT2D eigenvalue weighted by atomic mass is 10.1. The Morgan fingerprint density at radius 2 is 1.81 bits per heavy atom. The third-order valence-corrected chi connectivity index (χ3v) is 3.23. The lowest BCUT2D eigenvalue weighted by Crippen LogP contribution is -2.37. The topological polar surface area (TPSA) is 69.6 Å². The van der Waals surface area contributed by atoms with Gasteiger partial charge < -0.3 is 15.3 Å². The number of benzene rings is 1. The number of nitrogens with zero attached hydrogens (tertiary/aromatic N) is 1. The third kappa shape index (κ3) is 5.95. The highest BCUT2D eigenvalue weighted by Gasteiger charge is 2.12. The van der Waals surface area contributed by atoms with Gasteiger partial charge in [0.05, 0.1) is 6.61 Å². The number of urea groups is 1. The summed E-state index contributed by atoms with van der Waals surface area (Å²) in [5.74, 6) is -0.00523. The molecule has 21 heavy (non-hydrogen) atoms. The summed E-state index contributed by atoms with van der Waals surface area (Å²) in [4.78, 5) is 25.0. The van der Waals surface area contributed by atoms with E-state index >= 15 is 0 Å². The third-order valence-electron chi connectivity index (χ3n) is 3.23. The number of aliphatic hydroxyl groups is 1. The molecule has 0 radical (unpaired) electrons. The van der Waals surface area contributed by atoms with E-state index in [2.05, 4.69) is 12.2 Å². The smallest absolute Gasteiger partial charge is 0.321 e. The van der Waals surface area contributed by atoms with Crippen LogP contribution < -0.4 is 5.32 Å². The molecule has 1 rings (SSSR count). The second-order valence-corrected chi connectivity index (χ2v) is 4.98. The molecule has 0 aliphatic rings. The molecular formula is C16H24N2O3. The SMILES string of the molecule is CCCCCN(CCO)C(=O)Nc1ccc(C(C)=O)cc1. The van der Waals surface area contributed by atoms with E-state index < -0.39 is 0 Å². The van der Waals surface area contributed by atoms with Crippen molar-refractivity contribution in [2.75, 3.05) is 25.0 Å². The van der Waals surface area contributed by atoms with Crippen molar-refractivity contribution in [3.8, 4) is 0 Å². The molecular weight excluding hydrogens is 268 g/mol. The van der Waals surface area contributed by atoms with Crippen molar-refractivity contribution in [1.82, 2.24) is 4.90 Å². The van der Waals surface area contributed by atoms with Crippen molar-refractivity contribution < 1.29 is 14.7 Å². The quantitative estimate of drug-likeness (QED) is 0.572. The maximum absolute atomic E-state index is 12.2. The number of hydrogen-bond acceptors (Lipinski definition) is 3. The summed E-state index contributed by atoms with van der Waals surface area (Å²) in [6.07, 6.45) is 3.07. The highest BCUT2D eigenvalue weighted by molar-refractivity contribution is 5.95. The van der Waals surface area contributed by atoms with Crippen LogP contribution in [0.25, 0.3) is 0 Å². The van der Waals surface area contributed by atoms with E-state index in [9.17, 15) is 9.59 Å². The first kappa shape index (κ1) is 17.2. The summed E-state index contributed by atoms with van der Waals surface area (Å²) in [6, 6.07) is 6.56. The van der Waals surface area contributed by atoms with Crippen LogP contribution >= 0.6 is 0 Å². The van der Waals surface area contributed by atoms with E-state index in [-0.39, 0.29) is 18.4 Å². The van der Waals surface area contributed by atoms with Crippen LogP contribution in [0.4, 0.5) is 10.5 Å². The average molecular weight is 292 g/mol. The Morgan fingerprint density at radius 3 is 2.33 bits per heavy atom. The van der Waals surface area contributed by atoms with Gasteiger partial charge in [-0.2, -0.15) is 0 Å². The minimum absolute atomic E-state index is 0.00523. The van der Waals surface area contributed by atoms with Crippen LogP contribution in [0.1, 0.15) is 43.5 Å². The van der Waals surface area contributed by atoms with Crippen molar-refractivity contribution in [1.29, 1.82) is 0 Å². The van der Waals surface area contributed by atoms with E-state index in [4.69, 9.17) is 5.11 Å². The maximum atomic E-state index is 12.2. The molecule has 0 saturated heterocycles. The van der Waals surface area contributed by atoms with E-state index in [1.807, 2.05) is 0 Å². The largest absolute Gasteiger partial charge is 0.395 e. The van der Waals surface area contributed by atoms with Gasteiger partial charge in [-0.05, 0) is 37.6 Å².